The molecule has 0 fully saturated rings. The highest BCUT2D eigenvalue weighted by Crippen LogP contribution is 2.21. The van der Waals surface area contributed by atoms with Gasteiger partial charge in [-0.1, -0.05) is 97.4 Å². The van der Waals surface area contributed by atoms with Crippen LogP contribution in [0.4, 0.5) is 0 Å². The smallest absolute Gasteiger partial charge is 0.288 e. The van der Waals surface area contributed by atoms with Gasteiger partial charge >= 0.3 is 0 Å². The summed E-state index contributed by atoms with van der Waals surface area (Å²) in [6.45, 7) is 0.234. The minimum atomic E-state index is -0.517. The maximum absolute atomic E-state index is 13.2. The molecule has 0 aliphatic rings. The molecule has 41 heavy (non-hydrogen) atoms. The Kier molecular flexibility index (Phi) is 11.3. The minimum Gasteiger partial charge on any atom is -0.451 e. The summed E-state index contributed by atoms with van der Waals surface area (Å²) < 4.78 is 5.68. The molecule has 0 unspecified atom stereocenters. The Morgan fingerprint density at radius 3 is 2.15 bits per heavy atom. The van der Waals surface area contributed by atoms with Gasteiger partial charge in [-0.2, -0.15) is 0 Å². The first-order valence-corrected chi connectivity index (χ1v) is 13.8. The molecule has 0 aliphatic heterocycles. The third-order valence-corrected chi connectivity index (χ3v) is 6.64. The highest BCUT2D eigenvalue weighted by Gasteiger charge is 2.22. The lowest BCUT2D eigenvalue weighted by Crippen LogP contribution is -2.43. The van der Waals surface area contributed by atoms with Gasteiger partial charge in [0.15, 0.2) is 5.76 Å². The van der Waals surface area contributed by atoms with Crippen molar-refractivity contribution in [2.24, 2.45) is 5.92 Å². The van der Waals surface area contributed by atoms with Gasteiger partial charge in [0.05, 0.1) is 19.1 Å². The zero-order valence-corrected chi connectivity index (χ0v) is 22.9. The number of unbranched alkanes of at least 4 members (excludes halogenated alkanes) is 1. The molecule has 2 N–H and O–H groups in total. The van der Waals surface area contributed by atoms with Gasteiger partial charge in [-0.3, -0.25) is 19.2 Å². The number of rotatable bonds is 16. The van der Waals surface area contributed by atoms with E-state index in [1.165, 1.54) is 10.6 Å². The number of carbonyl (C=O) groups excluding carboxylic acids is 3. The van der Waals surface area contributed by atoms with Crippen LogP contribution in [0.3, 0.4) is 0 Å². The van der Waals surface area contributed by atoms with Gasteiger partial charge in [0.1, 0.15) is 12.4 Å². The third kappa shape index (κ3) is 9.47. The molecule has 0 spiro atoms. The molecule has 212 valence electrons. The topological polar surface area (TPSA) is 101 Å². The van der Waals surface area contributed by atoms with E-state index in [0.717, 1.165) is 30.4 Å². The molecule has 3 amide bonds. The van der Waals surface area contributed by atoms with Crippen molar-refractivity contribution < 1.29 is 23.6 Å². The average Bonchev–Trinajstić information content (AvgIpc) is 3.52. The molecule has 1 atom stereocenters. The second-order valence-electron chi connectivity index (χ2n) is 9.65. The number of hydrogen-bond acceptors (Lipinski definition) is 5. The van der Waals surface area contributed by atoms with Gasteiger partial charge < -0.3 is 15.1 Å². The summed E-state index contributed by atoms with van der Waals surface area (Å²) in [6, 6.07) is 32.5. The van der Waals surface area contributed by atoms with Crippen molar-refractivity contribution in [2.75, 3.05) is 13.2 Å². The largest absolute Gasteiger partial charge is 0.451 e. The van der Waals surface area contributed by atoms with E-state index in [4.69, 9.17) is 9.25 Å². The van der Waals surface area contributed by atoms with E-state index in [1.807, 2.05) is 78.9 Å². The van der Waals surface area contributed by atoms with Crippen LogP contribution in [0.1, 0.15) is 40.9 Å². The standard InChI is InChI=1S/C33H35N3O5/c37-25-36(40-23-27-15-6-2-7-16-27)22-29(19-11-10-14-26-12-4-1-5-13-26)32(38)34-24-35-33(39)31-21-20-30(41-31)28-17-8-3-9-18-28/h1-9,12-13,15-18,20-21,25,29H,10-11,14,19,22-24H2,(H,34,38)(H,35,39)/t29-/m1/s1. The molecule has 1 heterocycles. The van der Waals surface area contributed by atoms with Crippen LogP contribution in [-0.4, -0.2) is 36.5 Å². The predicted octanol–water partition coefficient (Wildman–Crippen LogP) is 5.37. The van der Waals surface area contributed by atoms with Crippen molar-refractivity contribution >= 4 is 18.2 Å². The predicted molar refractivity (Wildman–Crippen MR) is 156 cm³/mol. The number of nitrogens with zero attached hydrogens (tertiary/aromatic N) is 1. The lowest BCUT2D eigenvalue weighted by atomic mass is 9.98. The highest BCUT2D eigenvalue weighted by atomic mass is 16.7. The normalized spacial score (nSPS) is 11.4. The van der Waals surface area contributed by atoms with E-state index in [1.54, 1.807) is 12.1 Å². The molecule has 0 saturated heterocycles. The Hall–Kier alpha value is -4.69. The Bertz CT molecular complexity index is 1360. The number of hydrogen-bond donors (Lipinski definition) is 2. The molecule has 4 aromatic rings. The van der Waals surface area contributed by atoms with Crippen LogP contribution < -0.4 is 10.6 Å². The first-order chi connectivity index (χ1) is 20.1. The molecule has 0 aliphatic carbocycles. The second-order valence-corrected chi connectivity index (χ2v) is 9.65. The van der Waals surface area contributed by atoms with E-state index in [0.29, 0.717) is 18.6 Å². The second kappa shape index (κ2) is 15.8. The van der Waals surface area contributed by atoms with Gasteiger partial charge in [-0.05, 0) is 42.5 Å². The molecule has 1 aromatic heterocycles. The number of nitrogens with one attached hydrogen (secondary N) is 2. The van der Waals surface area contributed by atoms with Crippen molar-refractivity contribution in [3.8, 4) is 11.3 Å². The molecule has 3 aromatic carbocycles. The fourth-order valence-corrected chi connectivity index (χ4v) is 4.41. The summed E-state index contributed by atoms with van der Waals surface area (Å²) in [5.41, 5.74) is 3.02. The van der Waals surface area contributed by atoms with Crippen LogP contribution in [0.15, 0.2) is 108 Å². The first kappa shape index (κ1) is 29.3. The molecule has 0 saturated carbocycles. The van der Waals surface area contributed by atoms with Crippen molar-refractivity contribution in [3.05, 3.63) is 120 Å². The van der Waals surface area contributed by atoms with Gasteiger partial charge in [0.25, 0.3) is 5.91 Å². The fourth-order valence-electron chi connectivity index (χ4n) is 4.41. The molecular formula is C33H35N3O5. The number of aryl methyl sites for hydroxylation is 1. The van der Waals surface area contributed by atoms with E-state index in [-0.39, 0.29) is 31.5 Å². The van der Waals surface area contributed by atoms with Crippen LogP contribution >= 0.6 is 0 Å². The van der Waals surface area contributed by atoms with Crippen LogP contribution in [0.2, 0.25) is 0 Å². The molecule has 4 rings (SSSR count). The number of furan rings is 1. The van der Waals surface area contributed by atoms with E-state index in [9.17, 15) is 14.4 Å². The Morgan fingerprint density at radius 2 is 1.46 bits per heavy atom. The van der Waals surface area contributed by atoms with Crippen LogP contribution in [0.5, 0.6) is 0 Å². The lowest BCUT2D eigenvalue weighted by Gasteiger charge is -2.23. The summed E-state index contributed by atoms with van der Waals surface area (Å²) in [5.74, 6) is -0.494. The van der Waals surface area contributed by atoms with Crippen LogP contribution in [0.25, 0.3) is 11.3 Å². The van der Waals surface area contributed by atoms with Gasteiger partial charge in [0.2, 0.25) is 12.3 Å². The quantitative estimate of drug-likeness (QED) is 0.0841. The first-order valence-electron chi connectivity index (χ1n) is 13.8. The van der Waals surface area contributed by atoms with Gasteiger partial charge in [0, 0.05) is 5.56 Å². The molecule has 8 nitrogen and oxygen atoms in total. The van der Waals surface area contributed by atoms with Crippen molar-refractivity contribution in [3.63, 3.8) is 0 Å². The van der Waals surface area contributed by atoms with Crippen molar-refractivity contribution in [1.82, 2.24) is 15.7 Å². The fraction of sp³-hybridized carbons (Fsp3) is 0.242. The van der Waals surface area contributed by atoms with Crippen molar-refractivity contribution in [1.29, 1.82) is 0 Å². The molecule has 0 bridgehead atoms. The SMILES string of the molecule is O=CN(C[C@@H](CCCCc1ccccc1)C(=O)NCNC(=O)c1ccc(-c2ccccc2)o1)OCc1ccccc1. The molecule has 0 radical (unpaired) electrons. The Morgan fingerprint density at radius 1 is 0.805 bits per heavy atom. The van der Waals surface area contributed by atoms with Crippen LogP contribution in [0, 0.1) is 5.92 Å². The number of benzene rings is 3. The zero-order chi connectivity index (χ0) is 28.7. The maximum Gasteiger partial charge on any atom is 0.288 e. The summed E-state index contributed by atoms with van der Waals surface area (Å²) in [7, 11) is 0. The molecular weight excluding hydrogens is 518 g/mol. The zero-order valence-electron chi connectivity index (χ0n) is 22.9. The minimum absolute atomic E-state index is 0.0779. The van der Waals surface area contributed by atoms with Gasteiger partial charge in [-0.25, -0.2) is 5.06 Å². The summed E-state index contributed by atoms with van der Waals surface area (Å²) in [6.07, 6.45) is 3.75. The van der Waals surface area contributed by atoms with Gasteiger partial charge in [-0.15, -0.1) is 0 Å². The maximum atomic E-state index is 13.2. The highest BCUT2D eigenvalue weighted by molar-refractivity contribution is 5.92. The van der Waals surface area contributed by atoms with E-state index in [2.05, 4.69) is 22.8 Å². The number of amides is 3. The number of hydroxylamine groups is 2. The van der Waals surface area contributed by atoms with E-state index < -0.39 is 11.8 Å². The Labute approximate surface area is 240 Å². The summed E-state index contributed by atoms with van der Waals surface area (Å²) in [4.78, 5) is 43.2. The monoisotopic (exact) mass is 553 g/mol. The molecule has 8 heteroatoms. The summed E-state index contributed by atoms with van der Waals surface area (Å²) in [5, 5.41) is 6.61. The van der Waals surface area contributed by atoms with Crippen molar-refractivity contribution in [2.45, 2.75) is 32.3 Å². The van der Waals surface area contributed by atoms with E-state index >= 15 is 0 Å². The van der Waals surface area contributed by atoms with Crippen LogP contribution in [-0.2, 0) is 27.5 Å². The Balaban J connectivity index is 1.30. The average molecular weight is 554 g/mol. The lowest BCUT2D eigenvalue weighted by molar-refractivity contribution is -0.182. The third-order valence-electron chi connectivity index (χ3n) is 6.64. The summed E-state index contributed by atoms with van der Waals surface area (Å²) >= 11 is 0. The number of carbonyl (C=O) groups is 3.